The molecule has 26 heavy (non-hydrogen) atoms. The first kappa shape index (κ1) is 21.0. The summed E-state index contributed by atoms with van der Waals surface area (Å²) in [6, 6.07) is 15.3. The molecule has 0 atom stereocenters. The second-order valence-electron chi connectivity index (χ2n) is 6.13. The standard InChI is InChI=1S/C20H22ClIO4/c1-20(2,15-7-4-3-5-8-15)26-19(23)17-13-16(22)9-10-18(17)25-12-6-11-24-14-21/h3-5,7-10,13H,6,11-12,14H2,1-2H3. The number of hydrogen-bond donors (Lipinski definition) is 0. The molecule has 0 saturated heterocycles. The summed E-state index contributed by atoms with van der Waals surface area (Å²) in [4.78, 5) is 12.8. The summed E-state index contributed by atoms with van der Waals surface area (Å²) in [6.45, 7) is 4.69. The molecule has 0 aromatic heterocycles. The number of alkyl halides is 1. The SMILES string of the molecule is CC(C)(OC(=O)c1cc(I)ccc1OCCCOCCl)c1ccccc1. The molecule has 4 nitrogen and oxygen atoms in total. The molecule has 0 bridgehead atoms. The number of halogens is 2. The molecule has 2 aromatic carbocycles. The smallest absolute Gasteiger partial charge is 0.342 e. The Kier molecular flexibility index (Phi) is 8.18. The number of carbonyl (C=O) groups is 1. The van der Waals surface area contributed by atoms with Crippen molar-refractivity contribution >= 4 is 40.2 Å². The highest BCUT2D eigenvalue weighted by molar-refractivity contribution is 14.1. The van der Waals surface area contributed by atoms with E-state index in [1.165, 1.54) is 0 Å². The van der Waals surface area contributed by atoms with Gasteiger partial charge < -0.3 is 14.2 Å². The van der Waals surface area contributed by atoms with E-state index in [-0.39, 0.29) is 6.07 Å². The second kappa shape index (κ2) is 10.1. The van der Waals surface area contributed by atoms with Gasteiger partial charge in [-0.05, 0) is 60.2 Å². The minimum absolute atomic E-state index is 0.162. The summed E-state index contributed by atoms with van der Waals surface area (Å²) in [6.07, 6.45) is 0.683. The molecule has 0 saturated carbocycles. The molecule has 0 fully saturated rings. The Morgan fingerprint density at radius 2 is 1.85 bits per heavy atom. The van der Waals surface area contributed by atoms with E-state index in [0.29, 0.717) is 30.9 Å². The second-order valence-corrected chi connectivity index (χ2v) is 7.59. The van der Waals surface area contributed by atoms with E-state index in [9.17, 15) is 4.79 Å². The van der Waals surface area contributed by atoms with Crippen molar-refractivity contribution in [2.24, 2.45) is 0 Å². The van der Waals surface area contributed by atoms with Crippen LogP contribution >= 0.6 is 34.2 Å². The van der Waals surface area contributed by atoms with Gasteiger partial charge in [-0.15, -0.1) is 0 Å². The van der Waals surface area contributed by atoms with Gasteiger partial charge in [0.15, 0.2) is 0 Å². The molecular weight excluding hydrogens is 467 g/mol. The predicted molar refractivity (Wildman–Crippen MR) is 111 cm³/mol. The zero-order valence-electron chi connectivity index (χ0n) is 14.8. The van der Waals surface area contributed by atoms with Crippen LogP contribution in [0.4, 0.5) is 0 Å². The highest BCUT2D eigenvalue weighted by Gasteiger charge is 2.27. The maximum atomic E-state index is 12.8. The van der Waals surface area contributed by atoms with Crippen LogP contribution in [0.15, 0.2) is 48.5 Å². The Morgan fingerprint density at radius 1 is 1.12 bits per heavy atom. The molecule has 0 amide bonds. The third-order valence-electron chi connectivity index (χ3n) is 3.75. The molecular formula is C20H22ClIO4. The van der Waals surface area contributed by atoms with E-state index < -0.39 is 11.6 Å². The maximum Gasteiger partial charge on any atom is 0.342 e. The normalized spacial score (nSPS) is 11.2. The summed E-state index contributed by atoms with van der Waals surface area (Å²) >= 11 is 7.63. The van der Waals surface area contributed by atoms with Gasteiger partial charge in [0.1, 0.15) is 23.0 Å². The van der Waals surface area contributed by atoms with Gasteiger partial charge in [-0.3, -0.25) is 0 Å². The third-order valence-corrected chi connectivity index (χ3v) is 4.57. The molecule has 140 valence electrons. The van der Waals surface area contributed by atoms with Gasteiger partial charge in [-0.2, -0.15) is 0 Å². The molecule has 0 spiro atoms. The van der Waals surface area contributed by atoms with E-state index in [2.05, 4.69) is 22.6 Å². The highest BCUT2D eigenvalue weighted by Crippen LogP contribution is 2.29. The van der Waals surface area contributed by atoms with Crippen LogP contribution in [0.25, 0.3) is 0 Å². The highest BCUT2D eigenvalue weighted by atomic mass is 127. The summed E-state index contributed by atoms with van der Waals surface area (Å²) in [7, 11) is 0. The van der Waals surface area contributed by atoms with Gasteiger partial charge in [0.2, 0.25) is 0 Å². The Hall–Kier alpha value is -1.31. The molecule has 0 heterocycles. The zero-order chi connectivity index (χ0) is 19.0. The Morgan fingerprint density at radius 3 is 2.54 bits per heavy atom. The van der Waals surface area contributed by atoms with Crippen molar-refractivity contribution in [2.75, 3.05) is 19.3 Å². The quantitative estimate of drug-likeness (QED) is 0.206. The topological polar surface area (TPSA) is 44.8 Å². The largest absolute Gasteiger partial charge is 0.493 e. The lowest BCUT2D eigenvalue weighted by Crippen LogP contribution is -2.26. The maximum absolute atomic E-state index is 12.8. The lowest BCUT2D eigenvalue weighted by Gasteiger charge is -2.26. The van der Waals surface area contributed by atoms with Crippen LogP contribution in [0.3, 0.4) is 0 Å². The molecule has 0 aliphatic heterocycles. The summed E-state index contributed by atoms with van der Waals surface area (Å²) < 4.78 is 17.5. The first-order valence-corrected chi connectivity index (χ1v) is 9.90. The minimum Gasteiger partial charge on any atom is -0.493 e. The van der Waals surface area contributed by atoms with Crippen LogP contribution in [0.5, 0.6) is 5.75 Å². The van der Waals surface area contributed by atoms with Crippen molar-refractivity contribution in [3.05, 3.63) is 63.2 Å². The third kappa shape index (κ3) is 6.14. The van der Waals surface area contributed by atoms with Crippen molar-refractivity contribution in [3.63, 3.8) is 0 Å². The van der Waals surface area contributed by atoms with Crippen molar-refractivity contribution in [1.29, 1.82) is 0 Å². The lowest BCUT2D eigenvalue weighted by molar-refractivity contribution is -0.00350. The van der Waals surface area contributed by atoms with Gasteiger partial charge in [0.25, 0.3) is 0 Å². The fourth-order valence-electron chi connectivity index (χ4n) is 2.37. The predicted octanol–water partition coefficient (Wildman–Crippen LogP) is 5.37. The Balaban J connectivity index is 2.11. The van der Waals surface area contributed by atoms with Crippen molar-refractivity contribution in [1.82, 2.24) is 0 Å². The van der Waals surface area contributed by atoms with Crippen molar-refractivity contribution in [3.8, 4) is 5.75 Å². The fraction of sp³-hybridized carbons (Fsp3) is 0.350. The monoisotopic (exact) mass is 488 g/mol. The van der Waals surface area contributed by atoms with Gasteiger partial charge in [-0.25, -0.2) is 4.79 Å². The van der Waals surface area contributed by atoms with E-state index >= 15 is 0 Å². The van der Waals surface area contributed by atoms with Gasteiger partial charge in [-0.1, -0.05) is 41.9 Å². The first-order chi connectivity index (χ1) is 12.4. The summed E-state index contributed by atoms with van der Waals surface area (Å²) in [5.41, 5.74) is 0.601. The number of rotatable bonds is 9. The van der Waals surface area contributed by atoms with Crippen molar-refractivity contribution in [2.45, 2.75) is 25.9 Å². The number of ether oxygens (including phenoxy) is 3. The molecule has 2 rings (SSSR count). The van der Waals surface area contributed by atoms with Crippen LogP contribution < -0.4 is 4.74 Å². The van der Waals surface area contributed by atoms with Crippen LogP contribution in [0, 0.1) is 3.57 Å². The van der Waals surface area contributed by atoms with Crippen LogP contribution in [0.1, 0.15) is 36.2 Å². The van der Waals surface area contributed by atoms with Crippen LogP contribution in [-0.4, -0.2) is 25.2 Å². The first-order valence-electron chi connectivity index (χ1n) is 8.29. The Labute approximate surface area is 172 Å². The Bertz CT molecular complexity index is 719. The number of benzene rings is 2. The average molecular weight is 489 g/mol. The van der Waals surface area contributed by atoms with E-state index in [0.717, 1.165) is 9.13 Å². The summed E-state index contributed by atoms with van der Waals surface area (Å²) in [5.74, 6) is 0.0922. The van der Waals surface area contributed by atoms with E-state index in [1.807, 2.05) is 50.2 Å². The van der Waals surface area contributed by atoms with Gasteiger partial charge in [0.05, 0.1) is 13.2 Å². The molecule has 0 aliphatic carbocycles. The summed E-state index contributed by atoms with van der Waals surface area (Å²) in [5, 5.41) is 0. The lowest BCUT2D eigenvalue weighted by atomic mass is 9.98. The molecule has 6 heteroatoms. The van der Waals surface area contributed by atoms with E-state index in [1.54, 1.807) is 12.1 Å². The van der Waals surface area contributed by atoms with Gasteiger partial charge >= 0.3 is 5.97 Å². The van der Waals surface area contributed by atoms with Crippen molar-refractivity contribution < 1.29 is 19.0 Å². The minimum atomic E-state index is -0.745. The molecule has 0 N–H and O–H groups in total. The zero-order valence-corrected chi connectivity index (χ0v) is 17.7. The molecule has 0 unspecified atom stereocenters. The fourth-order valence-corrected chi connectivity index (χ4v) is 2.97. The molecule has 0 radical (unpaired) electrons. The number of carbonyl (C=O) groups excluding carboxylic acids is 1. The van der Waals surface area contributed by atoms with Crippen LogP contribution in [-0.2, 0) is 15.1 Å². The van der Waals surface area contributed by atoms with Crippen LogP contribution in [0.2, 0.25) is 0 Å². The number of hydrogen-bond acceptors (Lipinski definition) is 4. The molecule has 0 aliphatic rings. The van der Waals surface area contributed by atoms with Gasteiger partial charge in [0, 0.05) is 9.99 Å². The average Bonchev–Trinajstić information content (AvgIpc) is 2.63. The number of esters is 1. The van der Waals surface area contributed by atoms with E-state index in [4.69, 9.17) is 25.8 Å². The molecule has 2 aromatic rings.